The van der Waals surface area contributed by atoms with Crippen molar-refractivity contribution in [2.45, 2.75) is 24.3 Å². The summed E-state index contributed by atoms with van der Waals surface area (Å²) in [6.45, 7) is 3.48. The van der Waals surface area contributed by atoms with Gasteiger partial charge in [0.15, 0.2) is 5.16 Å². The summed E-state index contributed by atoms with van der Waals surface area (Å²) < 4.78 is 0. The molecule has 21 heavy (non-hydrogen) atoms. The molecule has 0 bridgehead atoms. The number of nitrogens with two attached hydrogens (primary N) is 1. The monoisotopic (exact) mass is 304 g/mol. The standard InChI is InChI=1S/C14H16N4O2S/c1-8-6-12(19)18-14(16-8)21-9(2)13(20)17-11-5-3-4-10(15)7-11/h3-7,9H,15H2,1-2H3,(H,17,20)(H,16,18,19). The molecule has 0 fully saturated rings. The Morgan fingerprint density at radius 2 is 2.19 bits per heavy atom. The molecular formula is C14H16N4O2S. The van der Waals surface area contributed by atoms with Crippen LogP contribution < -0.4 is 16.6 Å². The highest BCUT2D eigenvalue weighted by atomic mass is 32.2. The van der Waals surface area contributed by atoms with Crippen molar-refractivity contribution in [3.63, 3.8) is 0 Å². The van der Waals surface area contributed by atoms with Gasteiger partial charge in [-0.05, 0) is 32.0 Å². The Kier molecular flexibility index (Phi) is 4.64. The molecule has 0 spiro atoms. The summed E-state index contributed by atoms with van der Waals surface area (Å²) in [5, 5.41) is 2.79. The van der Waals surface area contributed by atoms with Crippen molar-refractivity contribution in [2.75, 3.05) is 11.1 Å². The average molecular weight is 304 g/mol. The van der Waals surface area contributed by atoms with Crippen molar-refractivity contribution in [3.05, 3.63) is 46.4 Å². The number of H-pyrrole nitrogens is 1. The van der Waals surface area contributed by atoms with Crippen molar-refractivity contribution >= 4 is 29.0 Å². The van der Waals surface area contributed by atoms with E-state index in [9.17, 15) is 9.59 Å². The Morgan fingerprint density at radius 3 is 2.86 bits per heavy atom. The minimum atomic E-state index is -0.406. The summed E-state index contributed by atoms with van der Waals surface area (Å²) in [5.41, 5.74) is 7.27. The molecule has 0 radical (unpaired) electrons. The second-order valence-corrected chi connectivity index (χ2v) is 5.90. The summed E-state index contributed by atoms with van der Waals surface area (Å²) in [4.78, 5) is 30.3. The molecule has 1 heterocycles. The number of benzene rings is 1. The maximum absolute atomic E-state index is 12.1. The van der Waals surface area contributed by atoms with E-state index in [0.717, 1.165) is 0 Å². The number of thioether (sulfide) groups is 1. The van der Waals surface area contributed by atoms with E-state index < -0.39 is 5.25 Å². The van der Waals surface area contributed by atoms with E-state index in [4.69, 9.17) is 5.73 Å². The Labute approximate surface area is 126 Å². The van der Waals surface area contributed by atoms with Gasteiger partial charge in [-0.2, -0.15) is 0 Å². The number of aromatic nitrogens is 2. The summed E-state index contributed by atoms with van der Waals surface area (Å²) >= 11 is 1.19. The van der Waals surface area contributed by atoms with E-state index in [0.29, 0.717) is 22.2 Å². The van der Waals surface area contributed by atoms with Gasteiger partial charge in [-0.1, -0.05) is 17.8 Å². The molecule has 0 aliphatic heterocycles. The fraction of sp³-hybridized carbons (Fsp3) is 0.214. The lowest BCUT2D eigenvalue weighted by Gasteiger charge is -2.11. The van der Waals surface area contributed by atoms with Gasteiger partial charge < -0.3 is 16.0 Å². The molecule has 1 aromatic heterocycles. The number of aryl methyl sites for hydroxylation is 1. The van der Waals surface area contributed by atoms with Gasteiger partial charge in [-0.15, -0.1) is 0 Å². The van der Waals surface area contributed by atoms with Crippen LogP contribution in [0.2, 0.25) is 0 Å². The van der Waals surface area contributed by atoms with Crippen LogP contribution in [-0.2, 0) is 4.79 Å². The Morgan fingerprint density at radius 1 is 1.43 bits per heavy atom. The molecule has 2 aromatic rings. The normalized spacial score (nSPS) is 11.9. The third kappa shape index (κ3) is 4.35. The molecular weight excluding hydrogens is 288 g/mol. The zero-order chi connectivity index (χ0) is 15.4. The SMILES string of the molecule is Cc1cc(=O)[nH]c(SC(C)C(=O)Nc2cccc(N)c2)n1. The van der Waals surface area contributed by atoms with Crippen molar-refractivity contribution in [1.29, 1.82) is 0 Å². The first-order valence-corrected chi connectivity index (χ1v) is 7.23. The van der Waals surface area contributed by atoms with Crippen LogP contribution in [0.5, 0.6) is 0 Å². The van der Waals surface area contributed by atoms with Crippen LogP contribution >= 0.6 is 11.8 Å². The molecule has 110 valence electrons. The molecule has 7 heteroatoms. The van der Waals surface area contributed by atoms with Crippen LogP contribution in [0.25, 0.3) is 0 Å². The van der Waals surface area contributed by atoms with Crippen LogP contribution in [0.4, 0.5) is 11.4 Å². The number of hydrogen-bond acceptors (Lipinski definition) is 5. The molecule has 0 saturated carbocycles. The smallest absolute Gasteiger partial charge is 0.251 e. The van der Waals surface area contributed by atoms with E-state index in [1.165, 1.54) is 17.8 Å². The molecule has 1 amide bonds. The molecule has 0 aliphatic rings. The number of nitrogen functional groups attached to an aromatic ring is 1. The molecule has 2 rings (SSSR count). The van der Waals surface area contributed by atoms with Gasteiger partial charge in [0.05, 0.1) is 5.25 Å². The van der Waals surface area contributed by atoms with Crippen LogP contribution in [0.1, 0.15) is 12.6 Å². The van der Waals surface area contributed by atoms with Crippen molar-refractivity contribution in [2.24, 2.45) is 0 Å². The van der Waals surface area contributed by atoms with E-state index >= 15 is 0 Å². The summed E-state index contributed by atoms with van der Waals surface area (Å²) in [5.74, 6) is -0.185. The van der Waals surface area contributed by atoms with E-state index in [2.05, 4.69) is 15.3 Å². The number of carbonyl (C=O) groups is 1. The maximum atomic E-state index is 12.1. The Hall–Kier alpha value is -2.28. The second kappa shape index (κ2) is 6.45. The maximum Gasteiger partial charge on any atom is 0.251 e. The van der Waals surface area contributed by atoms with Gasteiger partial charge in [0.25, 0.3) is 5.56 Å². The lowest BCUT2D eigenvalue weighted by molar-refractivity contribution is -0.115. The first kappa shape index (κ1) is 15.1. The van der Waals surface area contributed by atoms with Gasteiger partial charge >= 0.3 is 0 Å². The quantitative estimate of drug-likeness (QED) is 0.454. The topological polar surface area (TPSA) is 101 Å². The zero-order valence-corrected chi connectivity index (χ0v) is 12.5. The average Bonchev–Trinajstić information content (AvgIpc) is 2.37. The third-order valence-corrected chi connectivity index (χ3v) is 3.64. The van der Waals surface area contributed by atoms with Gasteiger partial charge in [0.2, 0.25) is 5.91 Å². The van der Waals surface area contributed by atoms with Gasteiger partial charge in [0, 0.05) is 23.1 Å². The van der Waals surface area contributed by atoms with E-state index in [1.807, 2.05) is 0 Å². The number of amides is 1. The van der Waals surface area contributed by atoms with Crippen LogP contribution in [-0.4, -0.2) is 21.1 Å². The number of carbonyl (C=O) groups excluding carboxylic acids is 1. The summed E-state index contributed by atoms with van der Waals surface area (Å²) in [6, 6.07) is 8.36. The minimum Gasteiger partial charge on any atom is -0.399 e. The molecule has 4 N–H and O–H groups in total. The first-order chi connectivity index (χ1) is 9.94. The lowest BCUT2D eigenvalue weighted by atomic mass is 10.3. The van der Waals surface area contributed by atoms with Crippen LogP contribution in [0, 0.1) is 6.92 Å². The molecule has 1 aromatic carbocycles. The van der Waals surface area contributed by atoms with E-state index in [1.54, 1.807) is 38.1 Å². The highest BCUT2D eigenvalue weighted by Gasteiger charge is 2.16. The Bertz CT molecular complexity index is 714. The number of rotatable bonds is 4. The van der Waals surface area contributed by atoms with Gasteiger partial charge in [-0.3, -0.25) is 9.59 Å². The number of nitrogens with zero attached hydrogens (tertiary/aromatic N) is 1. The van der Waals surface area contributed by atoms with Crippen LogP contribution in [0.3, 0.4) is 0 Å². The Balaban J connectivity index is 2.04. The van der Waals surface area contributed by atoms with E-state index in [-0.39, 0.29) is 11.5 Å². The number of aromatic amines is 1. The highest BCUT2D eigenvalue weighted by Crippen LogP contribution is 2.20. The zero-order valence-electron chi connectivity index (χ0n) is 11.7. The number of nitrogens with one attached hydrogen (secondary N) is 2. The summed E-state index contributed by atoms with van der Waals surface area (Å²) in [7, 11) is 0. The molecule has 0 aliphatic carbocycles. The third-order valence-electron chi connectivity index (χ3n) is 2.66. The second-order valence-electron chi connectivity index (χ2n) is 4.57. The predicted molar refractivity (Wildman–Crippen MR) is 84.4 cm³/mol. The lowest BCUT2D eigenvalue weighted by Crippen LogP contribution is -2.23. The molecule has 6 nitrogen and oxygen atoms in total. The minimum absolute atomic E-state index is 0.185. The fourth-order valence-electron chi connectivity index (χ4n) is 1.69. The van der Waals surface area contributed by atoms with Crippen LogP contribution in [0.15, 0.2) is 40.3 Å². The van der Waals surface area contributed by atoms with Crippen molar-refractivity contribution < 1.29 is 4.79 Å². The fourth-order valence-corrected chi connectivity index (χ4v) is 2.55. The molecule has 1 unspecified atom stereocenters. The predicted octanol–water partition coefficient (Wildman–Crippen LogP) is 1.78. The summed E-state index contributed by atoms with van der Waals surface area (Å²) in [6.07, 6.45) is 0. The highest BCUT2D eigenvalue weighted by molar-refractivity contribution is 8.00. The first-order valence-electron chi connectivity index (χ1n) is 6.35. The van der Waals surface area contributed by atoms with Gasteiger partial charge in [0.1, 0.15) is 0 Å². The number of anilines is 2. The number of hydrogen-bond donors (Lipinski definition) is 3. The van der Waals surface area contributed by atoms with Crippen molar-refractivity contribution in [3.8, 4) is 0 Å². The molecule has 0 saturated heterocycles. The molecule has 1 atom stereocenters. The largest absolute Gasteiger partial charge is 0.399 e. The van der Waals surface area contributed by atoms with Crippen molar-refractivity contribution in [1.82, 2.24) is 9.97 Å². The van der Waals surface area contributed by atoms with Gasteiger partial charge in [-0.25, -0.2) is 4.98 Å².